The number of nitrogens with two attached hydrogens (primary N) is 1. The van der Waals surface area contributed by atoms with E-state index in [-0.39, 0.29) is 5.69 Å². The predicted octanol–water partition coefficient (Wildman–Crippen LogP) is -1.14. The molecule has 0 aliphatic heterocycles. The van der Waals surface area contributed by atoms with Gasteiger partial charge < -0.3 is 15.5 Å². The predicted molar refractivity (Wildman–Crippen MR) is 38.1 cm³/mol. The minimum atomic E-state index is -4.33. The van der Waals surface area contributed by atoms with Crippen LogP contribution in [0.3, 0.4) is 0 Å². The molecule has 0 fully saturated rings. The zero-order chi connectivity index (χ0) is 8.48. The highest BCUT2D eigenvalue weighted by atomic mass is 31.2. The second-order valence-corrected chi connectivity index (χ2v) is 3.36. The first-order valence-corrected chi connectivity index (χ1v) is 4.24. The topological polar surface area (TPSA) is 109 Å². The summed E-state index contributed by atoms with van der Waals surface area (Å²) in [5, 5.41) is 0. The number of rotatable bonds is 1. The van der Waals surface area contributed by atoms with Crippen LogP contribution in [0, 0.1) is 0 Å². The van der Waals surface area contributed by atoms with Gasteiger partial charge in [-0.2, -0.15) is 0 Å². The highest BCUT2D eigenvalue weighted by Gasteiger charge is 2.21. The molecule has 1 aromatic rings. The van der Waals surface area contributed by atoms with Crippen molar-refractivity contribution in [2.24, 2.45) is 0 Å². The van der Waals surface area contributed by atoms with E-state index in [1.54, 1.807) is 0 Å². The third kappa shape index (κ3) is 1.74. The third-order valence-electron chi connectivity index (χ3n) is 0.994. The van der Waals surface area contributed by atoms with Gasteiger partial charge in [0.25, 0.3) is 0 Å². The van der Waals surface area contributed by atoms with Gasteiger partial charge in [0.1, 0.15) is 6.33 Å². The summed E-state index contributed by atoms with van der Waals surface area (Å²) in [5.74, 6) is 0. The summed E-state index contributed by atoms with van der Waals surface area (Å²) >= 11 is 0. The van der Waals surface area contributed by atoms with Crippen LogP contribution in [-0.4, -0.2) is 19.8 Å². The number of nitrogens with zero attached hydrogens (tertiary/aromatic N) is 2. The summed E-state index contributed by atoms with van der Waals surface area (Å²) in [7, 11) is -4.33. The van der Waals surface area contributed by atoms with Gasteiger partial charge in [0.15, 0.2) is 5.44 Å². The Morgan fingerprint density at radius 3 is 2.55 bits per heavy atom. The molecule has 0 radical (unpaired) electrons. The first kappa shape index (κ1) is 8.13. The van der Waals surface area contributed by atoms with E-state index in [0.717, 1.165) is 12.5 Å². The van der Waals surface area contributed by atoms with Crippen molar-refractivity contribution in [2.45, 2.75) is 0 Å². The Balaban J connectivity index is 3.25. The van der Waals surface area contributed by atoms with Crippen molar-refractivity contribution in [1.29, 1.82) is 0 Å². The number of anilines is 1. The summed E-state index contributed by atoms with van der Waals surface area (Å²) in [6.45, 7) is 0. The Kier molecular flexibility index (Phi) is 1.90. The standard InChI is InChI=1S/C4H6N3O3P/c5-3-1-6-2-7-4(3)11(8,9)10/h1-2H,5H2,(H2,8,9,10). The Morgan fingerprint density at radius 2 is 2.18 bits per heavy atom. The quantitative estimate of drug-likeness (QED) is 0.465. The van der Waals surface area contributed by atoms with Gasteiger partial charge in [-0.05, 0) is 0 Å². The third-order valence-corrected chi connectivity index (χ3v) is 1.92. The molecule has 1 rings (SSSR count). The maximum Gasteiger partial charge on any atom is 0.376 e. The molecular weight excluding hydrogens is 169 g/mol. The Labute approximate surface area is 62.3 Å². The molecule has 1 heterocycles. The van der Waals surface area contributed by atoms with E-state index in [1.807, 2.05) is 0 Å². The molecule has 0 atom stereocenters. The van der Waals surface area contributed by atoms with Crippen LogP contribution in [0.4, 0.5) is 5.69 Å². The number of nitrogen functional groups attached to an aromatic ring is 1. The molecule has 0 saturated heterocycles. The lowest BCUT2D eigenvalue weighted by Gasteiger charge is -2.03. The number of aromatic nitrogens is 2. The van der Waals surface area contributed by atoms with Gasteiger partial charge in [-0.15, -0.1) is 0 Å². The lowest BCUT2D eigenvalue weighted by Crippen LogP contribution is -2.14. The normalized spacial score (nSPS) is 11.5. The fraction of sp³-hybridized carbons (Fsp3) is 0. The summed E-state index contributed by atoms with van der Waals surface area (Å²) in [6.07, 6.45) is 2.17. The van der Waals surface area contributed by atoms with Crippen LogP contribution in [0.2, 0.25) is 0 Å². The molecule has 11 heavy (non-hydrogen) atoms. The molecule has 1 aromatic heterocycles. The van der Waals surface area contributed by atoms with E-state index < -0.39 is 13.0 Å². The summed E-state index contributed by atoms with van der Waals surface area (Å²) in [4.78, 5) is 24.1. The van der Waals surface area contributed by atoms with Crippen LogP contribution < -0.4 is 11.2 Å². The van der Waals surface area contributed by atoms with Crippen LogP contribution in [0.25, 0.3) is 0 Å². The van der Waals surface area contributed by atoms with Gasteiger partial charge in [0.2, 0.25) is 0 Å². The Morgan fingerprint density at radius 1 is 1.55 bits per heavy atom. The average molecular weight is 175 g/mol. The zero-order valence-corrected chi connectivity index (χ0v) is 6.27. The number of hydrogen-bond acceptors (Lipinski definition) is 4. The SMILES string of the molecule is Nc1cncnc1P(=O)(O)O. The summed E-state index contributed by atoms with van der Waals surface area (Å²) in [5.41, 5.74) is 4.67. The van der Waals surface area contributed by atoms with Crippen molar-refractivity contribution >= 4 is 18.7 Å². The maximum absolute atomic E-state index is 10.6. The first-order chi connectivity index (χ1) is 5.02. The molecule has 0 bridgehead atoms. The monoisotopic (exact) mass is 175 g/mol. The molecule has 0 aliphatic carbocycles. The molecule has 60 valence electrons. The van der Waals surface area contributed by atoms with Crippen molar-refractivity contribution in [2.75, 3.05) is 5.73 Å². The highest BCUT2D eigenvalue weighted by molar-refractivity contribution is 7.60. The smallest absolute Gasteiger partial charge is 0.376 e. The van der Waals surface area contributed by atoms with E-state index in [4.69, 9.17) is 15.5 Å². The zero-order valence-electron chi connectivity index (χ0n) is 5.38. The second kappa shape index (κ2) is 2.58. The van der Waals surface area contributed by atoms with Gasteiger partial charge in [0, 0.05) is 0 Å². The van der Waals surface area contributed by atoms with Crippen molar-refractivity contribution < 1.29 is 14.4 Å². The van der Waals surface area contributed by atoms with Crippen molar-refractivity contribution in [1.82, 2.24) is 9.97 Å². The van der Waals surface area contributed by atoms with Crippen molar-refractivity contribution in [3.05, 3.63) is 12.5 Å². The van der Waals surface area contributed by atoms with E-state index in [0.29, 0.717) is 0 Å². The lowest BCUT2D eigenvalue weighted by molar-refractivity contribution is 0.386. The first-order valence-electron chi connectivity index (χ1n) is 2.63. The van der Waals surface area contributed by atoms with Crippen LogP contribution in [0.5, 0.6) is 0 Å². The van der Waals surface area contributed by atoms with Gasteiger partial charge in [0.05, 0.1) is 11.9 Å². The molecule has 0 spiro atoms. The van der Waals surface area contributed by atoms with Crippen LogP contribution in [0.1, 0.15) is 0 Å². The molecular formula is C4H6N3O3P. The molecule has 0 unspecified atom stereocenters. The maximum atomic E-state index is 10.6. The van der Waals surface area contributed by atoms with Gasteiger partial charge in [-0.3, -0.25) is 4.57 Å². The van der Waals surface area contributed by atoms with Crippen LogP contribution in [-0.2, 0) is 4.57 Å². The van der Waals surface area contributed by atoms with Gasteiger partial charge >= 0.3 is 7.60 Å². The minimum Gasteiger partial charge on any atom is -0.395 e. The minimum absolute atomic E-state index is 0.0965. The molecule has 6 nitrogen and oxygen atoms in total. The van der Waals surface area contributed by atoms with E-state index >= 15 is 0 Å². The second-order valence-electron chi connectivity index (χ2n) is 1.85. The molecule has 0 aromatic carbocycles. The number of hydrogen-bond donors (Lipinski definition) is 3. The van der Waals surface area contributed by atoms with Crippen molar-refractivity contribution in [3.8, 4) is 0 Å². The molecule has 7 heteroatoms. The summed E-state index contributed by atoms with van der Waals surface area (Å²) < 4.78 is 10.6. The highest BCUT2D eigenvalue weighted by Crippen LogP contribution is 2.33. The Bertz CT molecular complexity index is 309. The van der Waals surface area contributed by atoms with Crippen LogP contribution in [0.15, 0.2) is 12.5 Å². The van der Waals surface area contributed by atoms with E-state index in [9.17, 15) is 4.57 Å². The molecule has 0 amide bonds. The largest absolute Gasteiger partial charge is 0.395 e. The van der Waals surface area contributed by atoms with Crippen molar-refractivity contribution in [3.63, 3.8) is 0 Å². The summed E-state index contributed by atoms with van der Waals surface area (Å²) in [6, 6.07) is 0. The molecule has 0 saturated carbocycles. The van der Waals surface area contributed by atoms with E-state index in [2.05, 4.69) is 9.97 Å². The van der Waals surface area contributed by atoms with Crippen LogP contribution >= 0.6 is 7.60 Å². The molecule has 4 N–H and O–H groups in total. The molecule has 0 aliphatic rings. The fourth-order valence-corrected chi connectivity index (χ4v) is 1.17. The lowest BCUT2D eigenvalue weighted by atomic mass is 10.6. The van der Waals surface area contributed by atoms with Gasteiger partial charge in [-0.25, -0.2) is 9.97 Å². The average Bonchev–Trinajstić information content (AvgIpc) is 1.86. The Hall–Kier alpha value is -0.970. The van der Waals surface area contributed by atoms with E-state index in [1.165, 1.54) is 0 Å². The fourth-order valence-electron chi connectivity index (χ4n) is 0.577. The van der Waals surface area contributed by atoms with Gasteiger partial charge in [-0.1, -0.05) is 0 Å².